The Labute approximate surface area is 359 Å². The number of nitrogens with one attached hydrogen (secondary N) is 1. The highest BCUT2D eigenvalue weighted by molar-refractivity contribution is 7.45. The summed E-state index contributed by atoms with van der Waals surface area (Å²) in [4.78, 5) is 25.3. The number of nitrogens with zero attached hydrogens (tertiary/aromatic N) is 1. The highest BCUT2D eigenvalue weighted by atomic mass is 31.2. The summed E-state index contributed by atoms with van der Waals surface area (Å²) >= 11 is 0. The quantitative estimate of drug-likeness (QED) is 0.0274. The van der Waals surface area contributed by atoms with Crippen molar-refractivity contribution in [3.8, 4) is 0 Å². The van der Waals surface area contributed by atoms with Gasteiger partial charge in [0.25, 0.3) is 7.82 Å². The molecule has 0 aliphatic rings. The van der Waals surface area contributed by atoms with Gasteiger partial charge in [-0.25, -0.2) is 0 Å². The van der Waals surface area contributed by atoms with Crippen molar-refractivity contribution in [3.05, 3.63) is 48.6 Å². The summed E-state index contributed by atoms with van der Waals surface area (Å²) in [6.45, 7) is 4.60. The normalized spacial score (nSPS) is 14.7. The predicted molar refractivity (Wildman–Crippen MR) is 247 cm³/mol. The number of aliphatic hydroxyl groups excluding tert-OH is 1. The third kappa shape index (κ3) is 42.6. The Morgan fingerprint density at radius 2 is 1.02 bits per heavy atom. The molecule has 0 radical (unpaired) electrons. The molecule has 3 atom stereocenters. The Balaban J connectivity index is 4.44. The molecule has 0 saturated carbocycles. The smallest absolute Gasteiger partial charge is 0.268 e. The van der Waals surface area contributed by atoms with E-state index in [9.17, 15) is 19.4 Å². The van der Waals surface area contributed by atoms with Gasteiger partial charge in [-0.3, -0.25) is 9.36 Å². The molecule has 0 spiro atoms. The zero-order valence-electron chi connectivity index (χ0n) is 38.5. The Morgan fingerprint density at radius 3 is 1.52 bits per heavy atom. The van der Waals surface area contributed by atoms with E-state index in [1.165, 1.54) is 122 Å². The summed E-state index contributed by atoms with van der Waals surface area (Å²) in [5.74, 6) is -0.222. The number of allylic oxidation sites excluding steroid dienone is 7. The molecular weight excluding hydrogens is 744 g/mol. The van der Waals surface area contributed by atoms with Crippen LogP contribution in [0, 0.1) is 0 Å². The number of unbranched alkanes of at least 4 members (excludes halogenated alkanes) is 24. The molecule has 0 bridgehead atoms. The molecule has 340 valence electrons. The highest BCUT2D eigenvalue weighted by Crippen LogP contribution is 2.38. The number of hydrogen-bond acceptors (Lipinski definition) is 6. The third-order valence-corrected chi connectivity index (χ3v) is 11.5. The van der Waals surface area contributed by atoms with E-state index < -0.39 is 26.6 Å². The van der Waals surface area contributed by atoms with Crippen LogP contribution in [-0.2, 0) is 18.4 Å². The van der Waals surface area contributed by atoms with Crippen LogP contribution in [0.15, 0.2) is 48.6 Å². The summed E-state index contributed by atoms with van der Waals surface area (Å²) in [5, 5.41) is 13.8. The second-order valence-electron chi connectivity index (χ2n) is 17.5. The standard InChI is InChI=1S/C49H93N2O6P/c1-6-8-10-12-14-16-18-20-22-24-25-26-27-28-30-32-34-36-38-40-42-48(52)47(46-57-58(54,55)56-45-44-51(3,4)5)50-49(53)43-41-39-37-35-33-31-29-23-21-19-17-15-13-11-9-7-2/h17,19,23,29,32,34,40,42,47-48,52H,6-16,18,20-22,24-28,30-31,33,35-39,41,43-46H2,1-5H3,(H-,50,53,54,55)/b19-17-,29-23-,34-32+,42-40+. The molecule has 0 heterocycles. The lowest BCUT2D eigenvalue weighted by molar-refractivity contribution is -0.870. The van der Waals surface area contributed by atoms with E-state index in [0.29, 0.717) is 17.4 Å². The van der Waals surface area contributed by atoms with E-state index in [2.05, 4.69) is 55.6 Å². The zero-order chi connectivity index (χ0) is 42.8. The van der Waals surface area contributed by atoms with Gasteiger partial charge in [0.05, 0.1) is 39.9 Å². The third-order valence-electron chi connectivity index (χ3n) is 10.5. The molecule has 8 nitrogen and oxygen atoms in total. The fourth-order valence-electron chi connectivity index (χ4n) is 6.67. The van der Waals surface area contributed by atoms with Crippen molar-refractivity contribution in [2.75, 3.05) is 40.9 Å². The molecule has 2 N–H and O–H groups in total. The van der Waals surface area contributed by atoms with Gasteiger partial charge in [-0.2, -0.15) is 0 Å². The van der Waals surface area contributed by atoms with Crippen LogP contribution < -0.4 is 10.2 Å². The summed E-state index contributed by atoms with van der Waals surface area (Å²) in [7, 11) is 1.23. The van der Waals surface area contributed by atoms with Crippen LogP contribution in [0.25, 0.3) is 0 Å². The number of phosphoric ester groups is 1. The molecule has 0 aromatic heterocycles. The fraction of sp³-hybridized carbons (Fsp3) is 0.816. The lowest BCUT2D eigenvalue weighted by atomic mass is 10.0. The average molecular weight is 837 g/mol. The second kappa shape index (κ2) is 40.8. The SMILES string of the molecule is CCCCCC/C=C\C/C=C\CCCCCCCC(=O)NC(COP(=O)([O-])OCC[N+](C)(C)C)C(O)/C=C/CC/C=C/CCCCCCCCCCCCCCCC. The number of carbonyl (C=O) groups excluding carboxylic acids is 1. The highest BCUT2D eigenvalue weighted by Gasteiger charge is 2.23. The number of aliphatic hydroxyl groups is 1. The van der Waals surface area contributed by atoms with Crippen LogP contribution in [-0.4, -0.2) is 68.5 Å². The van der Waals surface area contributed by atoms with E-state index in [1.807, 2.05) is 27.2 Å². The molecule has 0 aliphatic heterocycles. The Kier molecular flexibility index (Phi) is 39.8. The van der Waals surface area contributed by atoms with Gasteiger partial charge in [0.15, 0.2) is 0 Å². The fourth-order valence-corrected chi connectivity index (χ4v) is 7.39. The van der Waals surface area contributed by atoms with E-state index in [-0.39, 0.29) is 12.5 Å². The lowest BCUT2D eigenvalue weighted by Crippen LogP contribution is -2.45. The number of rotatable bonds is 43. The monoisotopic (exact) mass is 837 g/mol. The molecule has 0 aromatic rings. The number of phosphoric acid groups is 1. The topological polar surface area (TPSA) is 108 Å². The minimum Gasteiger partial charge on any atom is -0.756 e. The van der Waals surface area contributed by atoms with E-state index >= 15 is 0 Å². The first-order chi connectivity index (χ1) is 28.0. The van der Waals surface area contributed by atoms with Crippen molar-refractivity contribution in [3.63, 3.8) is 0 Å². The van der Waals surface area contributed by atoms with Crippen LogP contribution in [0.3, 0.4) is 0 Å². The zero-order valence-corrected chi connectivity index (χ0v) is 39.4. The predicted octanol–water partition coefficient (Wildman–Crippen LogP) is 13.0. The largest absolute Gasteiger partial charge is 0.756 e. The van der Waals surface area contributed by atoms with Crippen molar-refractivity contribution >= 4 is 13.7 Å². The van der Waals surface area contributed by atoms with Gasteiger partial charge in [-0.05, 0) is 64.2 Å². The minimum absolute atomic E-state index is 0.0104. The first-order valence-electron chi connectivity index (χ1n) is 24.0. The van der Waals surface area contributed by atoms with Crippen LogP contribution in [0.5, 0.6) is 0 Å². The van der Waals surface area contributed by atoms with Crippen molar-refractivity contribution in [2.24, 2.45) is 0 Å². The molecule has 0 aliphatic carbocycles. The van der Waals surface area contributed by atoms with E-state index in [0.717, 1.165) is 64.2 Å². The van der Waals surface area contributed by atoms with Gasteiger partial charge in [0.2, 0.25) is 5.91 Å². The van der Waals surface area contributed by atoms with Crippen molar-refractivity contribution in [1.29, 1.82) is 0 Å². The summed E-state index contributed by atoms with van der Waals surface area (Å²) in [5.41, 5.74) is 0. The van der Waals surface area contributed by atoms with Gasteiger partial charge < -0.3 is 28.8 Å². The summed E-state index contributed by atoms with van der Waals surface area (Å²) in [6, 6.07) is -0.911. The van der Waals surface area contributed by atoms with Gasteiger partial charge in [0.1, 0.15) is 13.2 Å². The maximum absolute atomic E-state index is 12.9. The first-order valence-corrected chi connectivity index (χ1v) is 25.5. The number of amides is 1. The number of hydrogen-bond donors (Lipinski definition) is 2. The minimum atomic E-state index is -4.60. The van der Waals surface area contributed by atoms with Gasteiger partial charge in [0, 0.05) is 6.42 Å². The van der Waals surface area contributed by atoms with Gasteiger partial charge in [-0.1, -0.05) is 184 Å². The molecule has 1 amide bonds. The van der Waals surface area contributed by atoms with Crippen molar-refractivity contribution < 1.29 is 32.9 Å². The summed E-state index contributed by atoms with van der Waals surface area (Å²) in [6.07, 6.45) is 51.6. The van der Waals surface area contributed by atoms with E-state index in [4.69, 9.17) is 9.05 Å². The molecule has 0 saturated heterocycles. The number of carbonyl (C=O) groups is 1. The molecule has 3 unspecified atom stereocenters. The van der Waals surface area contributed by atoms with Crippen LogP contribution in [0.1, 0.15) is 206 Å². The molecule has 58 heavy (non-hydrogen) atoms. The second-order valence-corrected chi connectivity index (χ2v) is 18.9. The summed E-state index contributed by atoms with van der Waals surface area (Å²) < 4.78 is 23.2. The molecular formula is C49H93N2O6P. The van der Waals surface area contributed by atoms with Gasteiger partial charge in [-0.15, -0.1) is 0 Å². The molecule has 0 rings (SSSR count). The molecule has 0 aromatic carbocycles. The first kappa shape index (κ1) is 56.5. The Morgan fingerprint density at radius 1 is 0.603 bits per heavy atom. The van der Waals surface area contributed by atoms with Crippen LogP contribution in [0.2, 0.25) is 0 Å². The van der Waals surface area contributed by atoms with Gasteiger partial charge >= 0.3 is 0 Å². The number of quaternary nitrogens is 1. The van der Waals surface area contributed by atoms with Crippen molar-refractivity contribution in [1.82, 2.24) is 5.32 Å². The van der Waals surface area contributed by atoms with Crippen LogP contribution in [0.4, 0.5) is 0 Å². The maximum atomic E-state index is 12.9. The lowest BCUT2D eigenvalue weighted by Gasteiger charge is -2.29. The molecule has 0 fully saturated rings. The number of likely N-dealkylation sites (N-methyl/N-ethyl adjacent to an activating group) is 1. The maximum Gasteiger partial charge on any atom is 0.268 e. The van der Waals surface area contributed by atoms with Crippen LogP contribution >= 0.6 is 7.82 Å². The average Bonchev–Trinajstić information content (AvgIpc) is 3.17. The molecule has 9 heteroatoms. The van der Waals surface area contributed by atoms with E-state index in [1.54, 1.807) is 6.08 Å². The Hall–Kier alpha value is -1.54. The Bertz CT molecular complexity index is 1090. The van der Waals surface area contributed by atoms with Crippen molar-refractivity contribution in [2.45, 2.75) is 219 Å².